The highest BCUT2D eigenvalue weighted by atomic mass is 16.5. The zero-order valence-corrected chi connectivity index (χ0v) is 12.6. The summed E-state index contributed by atoms with van der Waals surface area (Å²) < 4.78 is 5.79. The molecule has 0 aliphatic carbocycles. The van der Waals surface area contributed by atoms with Crippen LogP contribution in [-0.2, 0) is 0 Å². The molecule has 0 amide bonds. The lowest BCUT2D eigenvalue weighted by molar-refractivity contribution is 0.108. The van der Waals surface area contributed by atoms with Crippen molar-refractivity contribution in [2.24, 2.45) is 5.92 Å². The maximum Gasteiger partial charge on any atom is 0.122 e. The molecular formula is C17H26N2O. The third kappa shape index (κ3) is 2.84. The van der Waals surface area contributed by atoms with Crippen molar-refractivity contribution in [2.75, 3.05) is 32.8 Å². The Kier molecular flexibility index (Phi) is 4.27. The van der Waals surface area contributed by atoms with Crippen LogP contribution in [0.15, 0.2) is 24.3 Å². The van der Waals surface area contributed by atoms with Crippen LogP contribution >= 0.6 is 0 Å². The summed E-state index contributed by atoms with van der Waals surface area (Å²) in [6.07, 6.45) is 1.14. The molecule has 20 heavy (non-hydrogen) atoms. The van der Waals surface area contributed by atoms with E-state index in [2.05, 4.69) is 48.3 Å². The van der Waals surface area contributed by atoms with Crippen LogP contribution in [0.2, 0.25) is 0 Å². The molecule has 3 nitrogen and oxygen atoms in total. The zero-order chi connectivity index (χ0) is 13.9. The molecule has 3 rings (SSSR count). The molecule has 1 N–H and O–H groups in total. The first-order chi connectivity index (χ1) is 9.75. The predicted molar refractivity (Wildman–Crippen MR) is 82.4 cm³/mol. The molecule has 2 unspecified atom stereocenters. The van der Waals surface area contributed by atoms with Gasteiger partial charge in [0.05, 0.1) is 6.61 Å². The first-order valence-corrected chi connectivity index (χ1v) is 7.92. The van der Waals surface area contributed by atoms with E-state index in [9.17, 15) is 0 Å². The van der Waals surface area contributed by atoms with Crippen LogP contribution in [0.4, 0.5) is 0 Å². The number of nitrogens with zero attached hydrogens (tertiary/aromatic N) is 1. The molecule has 2 aliphatic rings. The summed E-state index contributed by atoms with van der Waals surface area (Å²) in [6, 6.07) is 9.23. The number of fused-ring (bicyclic) bond motifs is 1. The van der Waals surface area contributed by atoms with Gasteiger partial charge in [-0.05, 0) is 24.0 Å². The lowest BCUT2D eigenvalue weighted by atomic mass is 9.90. The van der Waals surface area contributed by atoms with E-state index in [0.29, 0.717) is 17.9 Å². The number of ether oxygens (including phenoxy) is 1. The smallest absolute Gasteiger partial charge is 0.122 e. The summed E-state index contributed by atoms with van der Waals surface area (Å²) in [5, 5.41) is 3.54. The molecule has 2 heterocycles. The molecule has 2 aliphatic heterocycles. The Morgan fingerprint density at radius 3 is 3.05 bits per heavy atom. The van der Waals surface area contributed by atoms with Gasteiger partial charge in [0.15, 0.2) is 0 Å². The van der Waals surface area contributed by atoms with Gasteiger partial charge in [0.2, 0.25) is 0 Å². The lowest BCUT2D eigenvalue weighted by Crippen LogP contribution is -2.54. The Labute approximate surface area is 122 Å². The molecule has 1 aromatic rings. The van der Waals surface area contributed by atoms with Crippen molar-refractivity contribution < 1.29 is 4.74 Å². The summed E-state index contributed by atoms with van der Waals surface area (Å²) in [5.74, 6) is 2.43. The topological polar surface area (TPSA) is 24.5 Å². The lowest BCUT2D eigenvalue weighted by Gasteiger charge is -2.41. The Bertz CT molecular complexity index is 446. The number of hydrogen-bond donors (Lipinski definition) is 1. The van der Waals surface area contributed by atoms with Gasteiger partial charge in [-0.3, -0.25) is 4.90 Å². The van der Waals surface area contributed by atoms with E-state index in [1.807, 2.05) is 0 Å². The molecule has 110 valence electrons. The molecule has 1 fully saturated rings. The van der Waals surface area contributed by atoms with Crippen LogP contribution in [0.25, 0.3) is 0 Å². The van der Waals surface area contributed by atoms with Crippen molar-refractivity contribution in [2.45, 2.75) is 32.2 Å². The molecule has 2 atom stereocenters. The molecule has 0 radical (unpaired) electrons. The molecule has 0 saturated carbocycles. The highest BCUT2D eigenvalue weighted by molar-refractivity contribution is 5.38. The third-order valence-electron chi connectivity index (χ3n) is 4.71. The normalized spacial score (nSPS) is 27.1. The molecule has 0 aromatic heterocycles. The van der Waals surface area contributed by atoms with Crippen molar-refractivity contribution in [3.05, 3.63) is 29.8 Å². The highest BCUT2D eigenvalue weighted by Gasteiger charge is 2.29. The van der Waals surface area contributed by atoms with Gasteiger partial charge in [-0.1, -0.05) is 32.0 Å². The van der Waals surface area contributed by atoms with Crippen molar-refractivity contribution in [3.63, 3.8) is 0 Å². The second-order valence-corrected chi connectivity index (χ2v) is 6.38. The SMILES string of the molecule is CC(C)C1CNCCN1CC1CCOc2ccccc21. The summed E-state index contributed by atoms with van der Waals surface area (Å²) in [5.41, 5.74) is 1.40. The summed E-state index contributed by atoms with van der Waals surface area (Å²) in [6.45, 7) is 10.1. The third-order valence-corrected chi connectivity index (χ3v) is 4.71. The van der Waals surface area contributed by atoms with Crippen LogP contribution < -0.4 is 10.1 Å². The molecule has 1 saturated heterocycles. The number of hydrogen-bond acceptors (Lipinski definition) is 3. The number of nitrogens with one attached hydrogen (secondary N) is 1. The standard InChI is InChI=1S/C17H26N2O/c1-13(2)16-11-18-8-9-19(16)12-14-7-10-20-17-6-4-3-5-15(14)17/h3-6,13-14,16,18H,7-12H2,1-2H3. The van der Waals surface area contributed by atoms with E-state index in [1.54, 1.807) is 0 Å². The van der Waals surface area contributed by atoms with Gasteiger partial charge in [-0.2, -0.15) is 0 Å². The fraction of sp³-hybridized carbons (Fsp3) is 0.647. The highest BCUT2D eigenvalue weighted by Crippen LogP contribution is 2.34. The van der Waals surface area contributed by atoms with Crippen LogP contribution in [-0.4, -0.2) is 43.7 Å². The van der Waals surface area contributed by atoms with E-state index in [-0.39, 0.29) is 0 Å². The Balaban J connectivity index is 1.74. The summed E-state index contributed by atoms with van der Waals surface area (Å²) >= 11 is 0. The van der Waals surface area contributed by atoms with E-state index in [1.165, 1.54) is 18.7 Å². The van der Waals surface area contributed by atoms with Crippen LogP contribution in [0, 0.1) is 5.92 Å². The second-order valence-electron chi connectivity index (χ2n) is 6.38. The van der Waals surface area contributed by atoms with Crippen molar-refractivity contribution >= 4 is 0 Å². The quantitative estimate of drug-likeness (QED) is 0.916. The number of benzene rings is 1. The predicted octanol–water partition coefficient (Wildman–Crippen LogP) is 2.48. The van der Waals surface area contributed by atoms with E-state index < -0.39 is 0 Å². The van der Waals surface area contributed by atoms with Crippen LogP contribution in [0.3, 0.4) is 0 Å². The minimum absolute atomic E-state index is 0.624. The Morgan fingerprint density at radius 1 is 1.35 bits per heavy atom. The number of rotatable bonds is 3. The van der Waals surface area contributed by atoms with Crippen LogP contribution in [0.5, 0.6) is 5.75 Å². The Hall–Kier alpha value is -1.06. The fourth-order valence-electron chi connectivity index (χ4n) is 3.54. The van der Waals surface area contributed by atoms with Gasteiger partial charge in [-0.25, -0.2) is 0 Å². The van der Waals surface area contributed by atoms with E-state index in [4.69, 9.17) is 4.74 Å². The largest absolute Gasteiger partial charge is 0.493 e. The first kappa shape index (κ1) is 13.9. The van der Waals surface area contributed by atoms with Crippen molar-refractivity contribution in [3.8, 4) is 5.75 Å². The minimum atomic E-state index is 0.624. The molecular weight excluding hydrogens is 248 g/mol. The maximum atomic E-state index is 5.79. The Morgan fingerprint density at radius 2 is 2.20 bits per heavy atom. The average molecular weight is 274 g/mol. The maximum absolute atomic E-state index is 5.79. The molecule has 3 heteroatoms. The summed E-state index contributed by atoms with van der Waals surface area (Å²) in [7, 11) is 0. The van der Waals surface area contributed by atoms with Crippen LogP contribution in [0.1, 0.15) is 31.7 Å². The average Bonchev–Trinajstić information content (AvgIpc) is 2.48. The molecule has 0 spiro atoms. The first-order valence-electron chi connectivity index (χ1n) is 7.92. The fourth-order valence-corrected chi connectivity index (χ4v) is 3.54. The van der Waals surface area contributed by atoms with Gasteiger partial charge in [0.1, 0.15) is 5.75 Å². The van der Waals surface area contributed by atoms with E-state index >= 15 is 0 Å². The van der Waals surface area contributed by atoms with Gasteiger partial charge in [0, 0.05) is 38.1 Å². The van der Waals surface area contributed by atoms with Crippen molar-refractivity contribution in [1.82, 2.24) is 10.2 Å². The van der Waals surface area contributed by atoms with Gasteiger partial charge >= 0.3 is 0 Å². The summed E-state index contributed by atoms with van der Waals surface area (Å²) in [4.78, 5) is 2.69. The van der Waals surface area contributed by atoms with Crippen molar-refractivity contribution in [1.29, 1.82) is 0 Å². The molecule has 0 bridgehead atoms. The number of para-hydroxylation sites is 1. The number of piperazine rings is 1. The van der Waals surface area contributed by atoms with E-state index in [0.717, 1.165) is 31.9 Å². The van der Waals surface area contributed by atoms with Gasteiger partial charge in [0.25, 0.3) is 0 Å². The second kappa shape index (κ2) is 6.15. The van der Waals surface area contributed by atoms with Gasteiger partial charge in [-0.15, -0.1) is 0 Å². The molecule has 1 aromatic carbocycles. The monoisotopic (exact) mass is 274 g/mol. The zero-order valence-electron chi connectivity index (χ0n) is 12.6. The minimum Gasteiger partial charge on any atom is -0.493 e. The van der Waals surface area contributed by atoms with Gasteiger partial charge < -0.3 is 10.1 Å².